The fraction of sp³-hybridized carbons (Fsp3) is 0.588. The Morgan fingerprint density at radius 3 is 2.45 bits per heavy atom. The maximum Gasteiger partial charge on any atom is 0.251 e. The fourth-order valence-corrected chi connectivity index (χ4v) is 3.18. The lowest BCUT2D eigenvalue weighted by molar-refractivity contribution is 0.0952. The fourth-order valence-electron chi connectivity index (χ4n) is 3.18. The van der Waals surface area contributed by atoms with Crippen LogP contribution < -0.4 is 21.1 Å². The quantitative estimate of drug-likeness (QED) is 0.772. The maximum atomic E-state index is 12.2. The number of hydrogen-bond donors (Lipinski definition) is 3. The van der Waals surface area contributed by atoms with Gasteiger partial charge in [0.25, 0.3) is 5.91 Å². The Kier molecular flexibility index (Phi) is 5.29. The molecule has 22 heavy (non-hydrogen) atoms. The van der Waals surface area contributed by atoms with Crippen LogP contribution in [-0.2, 0) is 0 Å². The summed E-state index contributed by atoms with van der Waals surface area (Å²) in [5, 5.41) is 3.02. The summed E-state index contributed by atoms with van der Waals surface area (Å²) < 4.78 is 0. The second kappa shape index (κ2) is 7.61. The minimum Gasteiger partial charge on any atom is -0.372 e. The first kappa shape index (κ1) is 15.3. The van der Waals surface area contributed by atoms with Crippen LogP contribution in [0.15, 0.2) is 24.3 Å². The molecule has 3 rings (SSSR count). The molecule has 0 spiro atoms. The molecular weight excluding hydrogens is 276 g/mol. The molecule has 5 nitrogen and oxygen atoms in total. The number of nitrogens with one attached hydrogen (secondary N) is 3. The average Bonchev–Trinajstić information content (AvgIpc) is 3.09. The number of rotatable bonds is 5. The van der Waals surface area contributed by atoms with E-state index in [4.69, 9.17) is 0 Å². The van der Waals surface area contributed by atoms with E-state index in [1.165, 1.54) is 24.9 Å². The Labute approximate surface area is 132 Å². The summed E-state index contributed by atoms with van der Waals surface area (Å²) in [5.74, 6) is 0.644. The second-order valence-corrected chi connectivity index (χ2v) is 6.27. The molecule has 1 aromatic rings. The van der Waals surface area contributed by atoms with Crippen molar-refractivity contribution < 1.29 is 4.79 Å². The van der Waals surface area contributed by atoms with Gasteiger partial charge in [-0.25, -0.2) is 0 Å². The van der Waals surface area contributed by atoms with E-state index in [1.54, 1.807) is 0 Å². The lowest BCUT2D eigenvalue weighted by Gasteiger charge is -2.28. The molecule has 0 unspecified atom stereocenters. The van der Waals surface area contributed by atoms with Crippen LogP contribution in [0, 0.1) is 5.92 Å². The van der Waals surface area contributed by atoms with Crippen LogP contribution in [0.25, 0.3) is 0 Å². The molecule has 2 heterocycles. The number of carbonyl (C=O) groups is 1. The SMILES string of the molecule is O=C(NCCC1CNNC1)c1ccc(N2CCCCC2)cc1. The number of benzene rings is 1. The molecule has 5 heteroatoms. The van der Waals surface area contributed by atoms with Crippen LogP contribution in [0.3, 0.4) is 0 Å². The molecule has 0 aromatic heterocycles. The topological polar surface area (TPSA) is 56.4 Å². The van der Waals surface area contributed by atoms with Gasteiger partial charge in [-0.1, -0.05) is 0 Å². The molecule has 0 bridgehead atoms. The summed E-state index contributed by atoms with van der Waals surface area (Å²) in [6.07, 6.45) is 4.89. The number of hydrazine groups is 1. The minimum atomic E-state index is 0.0316. The van der Waals surface area contributed by atoms with Crippen LogP contribution in [0.2, 0.25) is 0 Å². The van der Waals surface area contributed by atoms with Gasteiger partial charge < -0.3 is 10.2 Å². The number of nitrogens with zero attached hydrogens (tertiary/aromatic N) is 1. The summed E-state index contributed by atoms with van der Waals surface area (Å²) in [4.78, 5) is 14.6. The van der Waals surface area contributed by atoms with Gasteiger partial charge in [0.05, 0.1) is 0 Å². The highest BCUT2D eigenvalue weighted by atomic mass is 16.1. The van der Waals surface area contributed by atoms with Gasteiger partial charge in [-0.3, -0.25) is 15.6 Å². The van der Waals surface area contributed by atoms with Gasteiger partial charge in [-0.2, -0.15) is 0 Å². The Hall–Kier alpha value is -1.59. The maximum absolute atomic E-state index is 12.2. The van der Waals surface area contributed by atoms with E-state index in [0.29, 0.717) is 5.92 Å². The zero-order chi connectivity index (χ0) is 15.2. The first-order valence-electron chi connectivity index (χ1n) is 8.42. The molecule has 3 N–H and O–H groups in total. The number of piperidine rings is 1. The molecule has 2 fully saturated rings. The largest absolute Gasteiger partial charge is 0.372 e. The van der Waals surface area contributed by atoms with Crippen molar-refractivity contribution >= 4 is 11.6 Å². The Balaban J connectivity index is 1.47. The molecule has 1 amide bonds. The smallest absolute Gasteiger partial charge is 0.251 e. The molecule has 0 atom stereocenters. The highest BCUT2D eigenvalue weighted by Gasteiger charge is 2.15. The summed E-state index contributed by atoms with van der Waals surface area (Å²) in [6, 6.07) is 8.03. The monoisotopic (exact) mass is 302 g/mol. The predicted molar refractivity (Wildman–Crippen MR) is 89.0 cm³/mol. The predicted octanol–water partition coefficient (Wildman–Crippen LogP) is 1.52. The van der Waals surface area contributed by atoms with E-state index in [0.717, 1.165) is 44.7 Å². The number of carbonyl (C=O) groups excluding carboxylic acids is 1. The first-order chi connectivity index (χ1) is 10.8. The van der Waals surface area contributed by atoms with E-state index in [9.17, 15) is 4.79 Å². The summed E-state index contributed by atoms with van der Waals surface area (Å²) in [6.45, 7) is 4.98. The normalized spacial score (nSPS) is 19.4. The first-order valence-corrected chi connectivity index (χ1v) is 8.42. The van der Waals surface area contributed by atoms with Crippen molar-refractivity contribution in [2.75, 3.05) is 37.6 Å². The molecule has 2 aliphatic rings. The van der Waals surface area contributed by atoms with Crippen LogP contribution in [0.4, 0.5) is 5.69 Å². The lowest BCUT2D eigenvalue weighted by atomic mass is 10.1. The highest BCUT2D eigenvalue weighted by molar-refractivity contribution is 5.94. The Morgan fingerprint density at radius 1 is 1.09 bits per heavy atom. The molecule has 0 saturated carbocycles. The van der Waals surface area contributed by atoms with E-state index in [2.05, 4.69) is 33.2 Å². The molecule has 2 aliphatic heterocycles. The molecule has 2 saturated heterocycles. The van der Waals surface area contributed by atoms with E-state index >= 15 is 0 Å². The highest BCUT2D eigenvalue weighted by Crippen LogP contribution is 2.20. The van der Waals surface area contributed by atoms with Crippen molar-refractivity contribution in [1.82, 2.24) is 16.2 Å². The molecule has 1 aromatic carbocycles. The van der Waals surface area contributed by atoms with Crippen molar-refractivity contribution in [2.45, 2.75) is 25.7 Å². The van der Waals surface area contributed by atoms with E-state index in [1.807, 2.05) is 12.1 Å². The summed E-state index contributed by atoms with van der Waals surface area (Å²) >= 11 is 0. The number of hydrogen-bond acceptors (Lipinski definition) is 4. The van der Waals surface area contributed by atoms with Gasteiger partial charge in [0, 0.05) is 44.0 Å². The van der Waals surface area contributed by atoms with Crippen molar-refractivity contribution in [3.8, 4) is 0 Å². The molecule has 120 valence electrons. The number of amides is 1. The van der Waals surface area contributed by atoms with Crippen molar-refractivity contribution in [2.24, 2.45) is 5.92 Å². The van der Waals surface area contributed by atoms with Crippen LogP contribution in [0.1, 0.15) is 36.0 Å². The van der Waals surface area contributed by atoms with Gasteiger partial charge in [0.2, 0.25) is 0 Å². The molecule has 0 radical (unpaired) electrons. The third-order valence-corrected chi connectivity index (χ3v) is 4.60. The van der Waals surface area contributed by atoms with Crippen LogP contribution in [0.5, 0.6) is 0 Å². The van der Waals surface area contributed by atoms with Crippen LogP contribution in [-0.4, -0.2) is 38.6 Å². The third-order valence-electron chi connectivity index (χ3n) is 4.60. The summed E-state index contributed by atoms with van der Waals surface area (Å²) in [5.41, 5.74) is 8.21. The zero-order valence-electron chi connectivity index (χ0n) is 13.1. The third kappa shape index (κ3) is 3.99. The van der Waals surface area contributed by atoms with Crippen molar-refractivity contribution in [1.29, 1.82) is 0 Å². The second-order valence-electron chi connectivity index (χ2n) is 6.27. The van der Waals surface area contributed by atoms with Gasteiger partial charge in [0.15, 0.2) is 0 Å². The van der Waals surface area contributed by atoms with E-state index < -0.39 is 0 Å². The van der Waals surface area contributed by atoms with Gasteiger partial charge in [0.1, 0.15) is 0 Å². The Morgan fingerprint density at radius 2 is 1.77 bits per heavy atom. The van der Waals surface area contributed by atoms with E-state index in [-0.39, 0.29) is 5.91 Å². The van der Waals surface area contributed by atoms with Gasteiger partial charge in [-0.05, 0) is 55.9 Å². The van der Waals surface area contributed by atoms with Gasteiger partial charge in [-0.15, -0.1) is 0 Å². The van der Waals surface area contributed by atoms with Crippen molar-refractivity contribution in [3.63, 3.8) is 0 Å². The number of anilines is 1. The Bertz CT molecular complexity index is 476. The van der Waals surface area contributed by atoms with Gasteiger partial charge >= 0.3 is 0 Å². The lowest BCUT2D eigenvalue weighted by Crippen LogP contribution is -2.29. The standard InChI is InChI=1S/C17H26N4O/c22-17(18-9-8-14-12-19-20-13-14)15-4-6-16(7-5-15)21-10-2-1-3-11-21/h4-7,14,19-20H,1-3,8-13H2,(H,18,22). The molecular formula is C17H26N4O. The van der Waals surface area contributed by atoms with Crippen LogP contribution >= 0.6 is 0 Å². The molecule has 0 aliphatic carbocycles. The van der Waals surface area contributed by atoms with Crippen molar-refractivity contribution in [3.05, 3.63) is 29.8 Å². The minimum absolute atomic E-state index is 0.0316. The average molecular weight is 302 g/mol. The zero-order valence-corrected chi connectivity index (χ0v) is 13.1. The summed E-state index contributed by atoms with van der Waals surface area (Å²) in [7, 11) is 0.